The molecule has 0 unspecified atom stereocenters. The summed E-state index contributed by atoms with van der Waals surface area (Å²) in [6, 6.07) is 4.89. The van der Waals surface area contributed by atoms with E-state index in [0.717, 1.165) is 5.56 Å². The van der Waals surface area contributed by atoms with Crippen molar-refractivity contribution in [2.75, 3.05) is 0 Å². The Labute approximate surface area is 84.6 Å². The van der Waals surface area contributed by atoms with Crippen molar-refractivity contribution in [3.8, 4) is 6.07 Å². The van der Waals surface area contributed by atoms with Crippen LogP contribution in [0.15, 0.2) is 22.7 Å². The normalized spacial score (nSPS) is 10.3. The first kappa shape index (κ1) is 9.94. The second-order valence-electron chi connectivity index (χ2n) is 2.55. The molecule has 0 spiro atoms. The molecule has 0 aliphatic heterocycles. The zero-order valence-electron chi connectivity index (χ0n) is 7.01. The summed E-state index contributed by atoms with van der Waals surface area (Å²) >= 11 is 3.26. The van der Waals surface area contributed by atoms with Crippen LogP contribution < -0.4 is 0 Å². The summed E-state index contributed by atoms with van der Waals surface area (Å²) < 4.78 is 13.9. The quantitative estimate of drug-likeness (QED) is 0.690. The molecule has 0 bridgehead atoms. The standard InChI is InChI=1S/C10H7BrFN/c1-7-4-5-9(12)8(10(7)11)3-2-6-13/h2-5H,1H3. The Hall–Kier alpha value is -1.14. The van der Waals surface area contributed by atoms with Crippen LogP contribution in [0.1, 0.15) is 11.1 Å². The fraction of sp³-hybridized carbons (Fsp3) is 0.100. The molecule has 1 aromatic rings. The number of nitrogens with zero attached hydrogens (tertiary/aromatic N) is 1. The summed E-state index contributed by atoms with van der Waals surface area (Å²) in [4.78, 5) is 0. The van der Waals surface area contributed by atoms with Gasteiger partial charge in [-0.2, -0.15) is 5.26 Å². The number of hydrogen-bond acceptors (Lipinski definition) is 1. The zero-order chi connectivity index (χ0) is 9.84. The van der Waals surface area contributed by atoms with E-state index in [0.29, 0.717) is 10.0 Å². The molecule has 0 aliphatic rings. The van der Waals surface area contributed by atoms with E-state index < -0.39 is 0 Å². The fourth-order valence-corrected chi connectivity index (χ4v) is 1.41. The van der Waals surface area contributed by atoms with E-state index in [1.54, 1.807) is 6.07 Å². The monoisotopic (exact) mass is 239 g/mol. The Balaban J connectivity index is 3.27. The smallest absolute Gasteiger partial charge is 0.131 e. The van der Waals surface area contributed by atoms with E-state index in [1.807, 2.05) is 13.0 Å². The Morgan fingerprint density at radius 1 is 1.54 bits per heavy atom. The number of nitriles is 1. The predicted octanol–water partition coefficient (Wildman–Crippen LogP) is 3.43. The Bertz CT molecular complexity index is 391. The van der Waals surface area contributed by atoms with Crippen molar-refractivity contribution in [1.82, 2.24) is 0 Å². The number of benzene rings is 1. The van der Waals surface area contributed by atoms with Gasteiger partial charge in [0.25, 0.3) is 0 Å². The largest absolute Gasteiger partial charge is 0.206 e. The highest BCUT2D eigenvalue weighted by molar-refractivity contribution is 9.10. The van der Waals surface area contributed by atoms with Crippen LogP contribution in [0.25, 0.3) is 6.08 Å². The van der Waals surface area contributed by atoms with E-state index in [4.69, 9.17) is 5.26 Å². The molecule has 13 heavy (non-hydrogen) atoms. The SMILES string of the molecule is Cc1ccc(F)c(C=CC#N)c1Br. The molecule has 1 rings (SSSR count). The Morgan fingerprint density at radius 2 is 2.23 bits per heavy atom. The van der Waals surface area contributed by atoms with Gasteiger partial charge in [0, 0.05) is 16.1 Å². The molecule has 0 saturated heterocycles. The molecule has 0 saturated carbocycles. The van der Waals surface area contributed by atoms with Crippen LogP contribution in [0, 0.1) is 24.1 Å². The molecule has 0 N–H and O–H groups in total. The van der Waals surface area contributed by atoms with Crippen LogP contribution in [0.3, 0.4) is 0 Å². The molecule has 1 nitrogen and oxygen atoms in total. The van der Waals surface area contributed by atoms with Crippen LogP contribution in [0.2, 0.25) is 0 Å². The minimum absolute atomic E-state index is 0.330. The van der Waals surface area contributed by atoms with Crippen molar-refractivity contribution >= 4 is 22.0 Å². The van der Waals surface area contributed by atoms with Gasteiger partial charge in [-0.05, 0) is 40.6 Å². The highest BCUT2D eigenvalue weighted by Gasteiger charge is 2.05. The molecule has 3 heteroatoms. The fourth-order valence-electron chi connectivity index (χ4n) is 0.952. The highest BCUT2D eigenvalue weighted by Crippen LogP contribution is 2.24. The number of aryl methyl sites for hydroxylation is 1. The Kier molecular flexibility index (Phi) is 3.21. The third kappa shape index (κ3) is 2.16. The van der Waals surface area contributed by atoms with Gasteiger partial charge in [-0.25, -0.2) is 4.39 Å². The van der Waals surface area contributed by atoms with Gasteiger partial charge in [-0.3, -0.25) is 0 Å². The van der Waals surface area contributed by atoms with Gasteiger partial charge >= 0.3 is 0 Å². The van der Waals surface area contributed by atoms with E-state index >= 15 is 0 Å². The van der Waals surface area contributed by atoms with Gasteiger partial charge in [-0.1, -0.05) is 6.07 Å². The topological polar surface area (TPSA) is 23.8 Å². The average molecular weight is 240 g/mol. The minimum Gasteiger partial charge on any atom is -0.206 e. The van der Waals surface area contributed by atoms with Crippen molar-refractivity contribution in [2.45, 2.75) is 6.92 Å². The van der Waals surface area contributed by atoms with E-state index in [2.05, 4.69) is 15.9 Å². The molecular weight excluding hydrogens is 233 g/mol. The highest BCUT2D eigenvalue weighted by atomic mass is 79.9. The van der Waals surface area contributed by atoms with Gasteiger partial charge in [-0.15, -0.1) is 0 Å². The Morgan fingerprint density at radius 3 is 2.85 bits per heavy atom. The van der Waals surface area contributed by atoms with Crippen LogP contribution in [0.4, 0.5) is 4.39 Å². The first-order valence-corrected chi connectivity index (χ1v) is 4.47. The molecule has 0 heterocycles. The zero-order valence-corrected chi connectivity index (χ0v) is 8.60. The summed E-state index contributed by atoms with van der Waals surface area (Å²) in [5.41, 5.74) is 1.36. The number of hydrogen-bond donors (Lipinski definition) is 0. The number of halogens is 2. The van der Waals surface area contributed by atoms with E-state index in [1.165, 1.54) is 18.2 Å². The van der Waals surface area contributed by atoms with Crippen LogP contribution in [-0.2, 0) is 0 Å². The summed E-state index contributed by atoms with van der Waals surface area (Å²) in [6.07, 6.45) is 2.70. The van der Waals surface area contributed by atoms with Crippen molar-refractivity contribution in [3.63, 3.8) is 0 Å². The second kappa shape index (κ2) is 4.20. The first-order chi connectivity index (χ1) is 6.16. The molecule has 66 valence electrons. The summed E-state index contributed by atoms with van der Waals surface area (Å²) in [5.74, 6) is -0.330. The maximum Gasteiger partial charge on any atom is 0.131 e. The van der Waals surface area contributed by atoms with Crippen molar-refractivity contribution < 1.29 is 4.39 Å². The lowest BCUT2D eigenvalue weighted by Gasteiger charge is -2.03. The summed E-state index contributed by atoms with van der Waals surface area (Å²) in [6.45, 7) is 1.87. The molecule has 1 aromatic carbocycles. The minimum atomic E-state index is -0.330. The third-order valence-electron chi connectivity index (χ3n) is 1.64. The van der Waals surface area contributed by atoms with E-state index in [-0.39, 0.29) is 5.82 Å². The molecule has 0 atom stereocenters. The lowest BCUT2D eigenvalue weighted by Crippen LogP contribution is -1.86. The van der Waals surface area contributed by atoms with Crippen molar-refractivity contribution in [1.29, 1.82) is 5.26 Å². The lowest BCUT2D eigenvalue weighted by molar-refractivity contribution is 0.623. The lowest BCUT2D eigenvalue weighted by atomic mass is 10.1. The third-order valence-corrected chi connectivity index (χ3v) is 2.70. The van der Waals surface area contributed by atoms with Gasteiger partial charge in [0.15, 0.2) is 0 Å². The first-order valence-electron chi connectivity index (χ1n) is 3.67. The maximum atomic E-state index is 13.2. The molecule has 0 fully saturated rings. The van der Waals surface area contributed by atoms with Gasteiger partial charge in [0.1, 0.15) is 5.82 Å². The number of allylic oxidation sites excluding steroid dienone is 1. The van der Waals surface area contributed by atoms with Crippen LogP contribution >= 0.6 is 15.9 Å². The predicted molar refractivity (Wildman–Crippen MR) is 53.5 cm³/mol. The molecule has 0 aliphatic carbocycles. The van der Waals surface area contributed by atoms with Gasteiger partial charge in [0.05, 0.1) is 6.07 Å². The number of rotatable bonds is 1. The molecule has 0 amide bonds. The maximum absolute atomic E-state index is 13.2. The van der Waals surface area contributed by atoms with Crippen molar-refractivity contribution in [2.24, 2.45) is 0 Å². The molecular formula is C10H7BrFN. The summed E-state index contributed by atoms with van der Waals surface area (Å²) in [5, 5.41) is 8.30. The van der Waals surface area contributed by atoms with E-state index in [9.17, 15) is 4.39 Å². The van der Waals surface area contributed by atoms with Gasteiger partial charge in [0.2, 0.25) is 0 Å². The van der Waals surface area contributed by atoms with Crippen LogP contribution in [-0.4, -0.2) is 0 Å². The average Bonchev–Trinajstić information content (AvgIpc) is 2.12. The molecule has 0 aromatic heterocycles. The van der Waals surface area contributed by atoms with Gasteiger partial charge < -0.3 is 0 Å². The summed E-state index contributed by atoms with van der Waals surface area (Å²) in [7, 11) is 0. The van der Waals surface area contributed by atoms with Crippen LogP contribution in [0.5, 0.6) is 0 Å². The molecule has 0 radical (unpaired) electrons. The van der Waals surface area contributed by atoms with Crippen molar-refractivity contribution in [3.05, 3.63) is 39.6 Å². The second-order valence-corrected chi connectivity index (χ2v) is 3.35.